The second kappa shape index (κ2) is 10.8. The summed E-state index contributed by atoms with van der Waals surface area (Å²) in [6.07, 6.45) is 6.07. The fraction of sp³-hybridized carbons (Fsp3) is 0.640. The Hall–Kier alpha value is -1.57. The van der Waals surface area contributed by atoms with E-state index < -0.39 is 0 Å². The molecule has 1 aromatic carbocycles. The number of carbonyl (C=O) groups is 1. The first-order chi connectivity index (χ1) is 15.8. The standard InChI is InChI=1S/C25H34ClN3O3S/c1-15(2)32-10-4-9-29-24(31)20-8-7-19(26)13-22(20)28-25(29)33-14-23(30)27-16(3)21-12-17-5-6-18(21)11-17/h7-8,13,15-18,21H,4-6,9-12,14H2,1-3H3,(H,27,30). The minimum absolute atomic E-state index is 0.00888. The molecule has 2 aliphatic rings. The Labute approximate surface area is 204 Å². The van der Waals surface area contributed by atoms with Crippen LogP contribution in [0.15, 0.2) is 28.2 Å². The quantitative estimate of drug-likeness (QED) is 0.291. The van der Waals surface area contributed by atoms with Crippen molar-refractivity contribution >= 4 is 40.2 Å². The molecule has 0 radical (unpaired) electrons. The number of nitrogens with one attached hydrogen (secondary N) is 1. The summed E-state index contributed by atoms with van der Waals surface area (Å²) in [5.41, 5.74) is 0.444. The number of rotatable bonds is 10. The molecule has 2 aliphatic carbocycles. The lowest BCUT2D eigenvalue weighted by Gasteiger charge is -2.28. The number of hydrogen-bond acceptors (Lipinski definition) is 5. The van der Waals surface area contributed by atoms with E-state index in [4.69, 9.17) is 21.3 Å². The molecule has 1 N–H and O–H groups in total. The highest BCUT2D eigenvalue weighted by Gasteiger charge is 2.42. The smallest absolute Gasteiger partial charge is 0.262 e. The van der Waals surface area contributed by atoms with Crippen LogP contribution in [-0.4, -0.2) is 40.0 Å². The fourth-order valence-electron chi connectivity index (χ4n) is 5.46. The normalized spacial score (nSPS) is 22.9. The summed E-state index contributed by atoms with van der Waals surface area (Å²) in [5, 5.41) is 4.81. The average Bonchev–Trinajstić information content (AvgIpc) is 3.40. The molecular formula is C25H34ClN3O3S. The van der Waals surface area contributed by atoms with Crippen molar-refractivity contribution in [1.29, 1.82) is 0 Å². The summed E-state index contributed by atoms with van der Waals surface area (Å²) in [4.78, 5) is 30.6. The monoisotopic (exact) mass is 491 g/mol. The predicted octanol–water partition coefficient (Wildman–Crippen LogP) is 4.90. The van der Waals surface area contributed by atoms with Crippen LogP contribution in [0.1, 0.15) is 52.9 Å². The van der Waals surface area contributed by atoms with E-state index >= 15 is 0 Å². The number of aromatic nitrogens is 2. The van der Waals surface area contributed by atoms with Gasteiger partial charge in [-0.25, -0.2) is 4.98 Å². The van der Waals surface area contributed by atoms with E-state index in [1.165, 1.54) is 37.4 Å². The number of carbonyl (C=O) groups excluding carboxylic acids is 1. The summed E-state index contributed by atoms with van der Waals surface area (Å²) in [7, 11) is 0. The highest BCUT2D eigenvalue weighted by molar-refractivity contribution is 7.99. The van der Waals surface area contributed by atoms with Gasteiger partial charge in [-0.1, -0.05) is 29.8 Å². The van der Waals surface area contributed by atoms with Crippen molar-refractivity contribution in [1.82, 2.24) is 14.9 Å². The Morgan fingerprint density at radius 3 is 2.82 bits per heavy atom. The van der Waals surface area contributed by atoms with Crippen LogP contribution in [-0.2, 0) is 16.1 Å². The van der Waals surface area contributed by atoms with Crippen molar-refractivity contribution < 1.29 is 9.53 Å². The van der Waals surface area contributed by atoms with E-state index in [1.54, 1.807) is 22.8 Å². The van der Waals surface area contributed by atoms with Crippen LogP contribution in [0.3, 0.4) is 0 Å². The van der Waals surface area contributed by atoms with Crippen LogP contribution in [0.4, 0.5) is 0 Å². The molecule has 4 atom stereocenters. The number of fused-ring (bicyclic) bond motifs is 3. The van der Waals surface area contributed by atoms with Gasteiger partial charge >= 0.3 is 0 Å². The third-order valence-electron chi connectivity index (χ3n) is 7.02. The molecule has 2 saturated carbocycles. The molecule has 0 saturated heterocycles. The SMILES string of the molecule is CC(C)OCCCn1c(SCC(=O)NC(C)C2CC3CCC2C3)nc2cc(Cl)ccc2c1=O. The Balaban J connectivity index is 1.44. The molecule has 180 valence electrons. The second-order valence-corrected chi connectivity index (χ2v) is 11.1. The number of halogens is 1. The van der Waals surface area contributed by atoms with E-state index in [2.05, 4.69) is 12.2 Å². The zero-order chi connectivity index (χ0) is 23.5. The van der Waals surface area contributed by atoms with Crippen LogP contribution in [0.25, 0.3) is 10.9 Å². The average molecular weight is 492 g/mol. The number of amides is 1. The molecule has 1 amide bonds. The van der Waals surface area contributed by atoms with Crippen LogP contribution < -0.4 is 10.9 Å². The molecule has 2 bridgehead atoms. The van der Waals surface area contributed by atoms with Crippen LogP contribution in [0.5, 0.6) is 0 Å². The summed E-state index contributed by atoms with van der Waals surface area (Å²) in [5.74, 6) is 2.44. The van der Waals surface area contributed by atoms with Gasteiger partial charge in [0.05, 0.1) is 22.8 Å². The Bertz CT molecular complexity index is 1060. The van der Waals surface area contributed by atoms with Crippen LogP contribution >= 0.6 is 23.4 Å². The van der Waals surface area contributed by atoms with Gasteiger partial charge in [0.2, 0.25) is 5.91 Å². The molecule has 8 heteroatoms. The Morgan fingerprint density at radius 2 is 2.12 bits per heavy atom. The second-order valence-electron chi connectivity index (χ2n) is 9.77. The number of ether oxygens (including phenoxy) is 1. The minimum atomic E-state index is -0.112. The minimum Gasteiger partial charge on any atom is -0.379 e. The lowest BCUT2D eigenvalue weighted by molar-refractivity contribution is -0.119. The van der Waals surface area contributed by atoms with Crippen molar-refractivity contribution in [3.05, 3.63) is 33.6 Å². The molecule has 1 heterocycles. The molecule has 1 aromatic heterocycles. The Kier molecular flexibility index (Phi) is 8.03. The molecule has 0 spiro atoms. The summed E-state index contributed by atoms with van der Waals surface area (Å²) < 4.78 is 7.30. The first-order valence-electron chi connectivity index (χ1n) is 12.1. The van der Waals surface area contributed by atoms with E-state index in [0.29, 0.717) is 46.6 Å². The number of hydrogen-bond donors (Lipinski definition) is 1. The maximum atomic E-state index is 13.2. The Morgan fingerprint density at radius 1 is 1.30 bits per heavy atom. The largest absolute Gasteiger partial charge is 0.379 e. The van der Waals surface area contributed by atoms with Crippen molar-refractivity contribution in [2.24, 2.45) is 17.8 Å². The first-order valence-corrected chi connectivity index (χ1v) is 13.4. The van der Waals surface area contributed by atoms with E-state index in [9.17, 15) is 9.59 Å². The van der Waals surface area contributed by atoms with Gasteiger partial charge in [0.15, 0.2) is 5.16 Å². The number of benzene rings is 1. The maximum absolute atomic E-state index is 13.2. The van der Waals surface area contributed by atoms with Crippen LogP contribution in [0.2, 0.25) is 5.02 Å². The van der Waals surface area contributed by atoms with Gasteiger partial charge in [-0.2, -0.15) is 0 Å². The van der Waals surface area contributed by atoms with Crippen molar-refractivity contribution in [2.75, 3.05) is 12.4 Å². The van der Waals surface area contributed by atoms with Gasteiger partial charge in [0, 0.05) is 24.2 Å². The summed E-state index contributed by atoms with van der Waals surface area (Å²) in [6, 6.07) is 5.31. The van der Waals surface area contributed by atoms with E-state index in [0.717, 1.165) is 11.8 Å². The van der Waals surface area contributed by atoms with Gasteiger partial charge in [0.25, 0.3) is 5.56 Å². The van der Waals surface area contributed by atoms with Crippen molar-refractivity contribution in [3.63, 3.8) is 0 Å². The predicted molar refractivity (Wildman–Crippen MR) is 134 cm³/mol. The van der Waals surface area contributed by atoms with Gasteiger partial charge in [-0.3, -0.25) is 14.2 Å². The zero-order valence-corrected chi connectivity index (χ0v) is 21.3. The molecule has 6 nitrogen and oxygen atoms in total. The molecule has 4 rings (SSSR count). The lowest BCUT2D eigenvalue weighted by Crippen LogP contribution is -2.41. The topological polar surface area (TPSA) is 73.2 Å². The summed E-state index contributed by atoms with van der Waals surface area (Å²) >= 11 is 7.44. The molecule has 2 fully saturated rings. The van der Waals surface area contributed by atoms with Gasteiger partial charge in [-0.05, 0) is 82.4 Å². The molecule has 0 aliphatic heterocycles. The number of thioether (sulfide) groups is 1. The zero-order valence-electron chi connectivity index (χ0n) is 19.7. The third-order valence-corrected chi connectivity index (χ3v) is 8.23. The van der Waals surface area contributed by atoms with E-state index in [1.807, 2.05) is 13.8 Å². The first kappa shape index (κ1) is 24.6. The highest BCUT2D eigenvalue weighted by Crippen LogP contribution is 2.49. The van der Waals surface area contributed by atoms with Gasteiger partial charge < -0.3 is 10.1 Å². The van der Waals surface area contributed by atoms with Crippen LogP contribution in [0, 0.1) is 17.8 Å². The lowest BCUT2D eigenvalue weighted by atomic mass is 9.84. The highest BCUT2D eigenvalue weighted by atomic mass is 35.5. The molecule has 33 heavy (non-hydrogen) atoms. The number of nitrogens with zero attached hydrogens (tertiary/aromatic N) is 2. The van der Waals surface area contributed by atoms with E-state index in [-0.39, 0.29) is 29.4 Å². The molecule has 4 unspecified atom stereocenters. The molecule has 2 aromatic rings. The summed E-state index contributed by atoms with van der Waals surface area (Å²) in [6.45, 7) is 7.17. The van der Waals surface area contributed by atoms with Gasteiger partial charge in [-0.15, -0.1) is 0 Å². The third kappa shape index (κ3) is 5.92. The van der Waals surface area contributed by atoms with Crippen molar-refractivity contribution in [2.45, 2.75) is 76.7 Å². The van der Waals surface area contributed by atoms with Crippen molar-refractivity contribution in [3.8, 4) is 0 Å². The molecular weight excluding hydrogens is 458 g/mol. The fourth-order valence-corrected chi connectivity index (χ4v) is 6.46. The van der Waals surface area contributed by atoms with Gasteiger partial charge in [0.1, 0.15) is 0 Å². The maximum Gasteiger partial charge on any atom is 0.262 e.